The Hall–Kier alpha value is -2.58. The third kappa shape index (κ3) is 1.92. The molecular weight excluding hydrogens is 298 g/mol. The van der Waals surface area contributed by atoms with Gasteiger partial charge in [-0.1, -0.05) is 30.3 Å². The van der Waals surface area contributed by atoms with Crippen molar-refractivity contribution in [2.24, 2.45) is 0 Å². The largest absolute Gasteiger partial charge is 0.388 e. The van der Waals surface area contributed by atoms with E-state index < -0.39 is 0 Å². The normalized spacial score (nSPS) is 11.7. The molecule has 0 saturated carbocycles. The summed E-state index contributed by atoms with van der Waals surface area (Å²) < 4.78 is 2.72. The van der Waals surface area contributed by atoms with Crippen LogP contribution in [-0.2, 0) is 0 Å². The van der Waals surface area contributed by atoms with Crippen LogP contribution >= 0.6 is 11.3 Å². The van der Waals surface area contributed by atoms with Gasteiger partial charge in [-0.25, -0.2) is 0 Å². The van der Waals surface area contributed by atoms with Crippen molar-refractivity contribution in [1.82, 2.24) is 0 Å². The van der Waals surface area contributed by atoms with E-state index in [1.807, 2.05) is 18.4 Å². The summed E-state index contributed by atoms with van der Waals surface area (Å²) in [6.07, 6.45) is 0. The van der Waals surface area contributed by atoms with Crippen molar-refractivity contribution in [1.29, 1.82) is 0 Å². The fourth-order valence-electron chi connectivity index (χ4n) is 3.36. The average molecular weight is 313 g/mol. The van der Waals surface area contributed by atoms with Gasteiger partial charge >= 0.3 is 0 Å². The molecule has 23 heavy (non-hydrogen) atoms. The van der Waals surface area contributed by atoms with Crippen LogP contribution in [0.25, 0.3) is 41.7 Å². The first-order valence-corrected chi connectivity index (χ1v) is 8.60. The zero-order chi connectivity index (χ0) is 15.4. The van der Waals surface area contributed by atoms with Gasteiger partial charge in [-0.05, 0) is 57.9 Å². The van der Waals surface area contributed by atoms with E-state index >= 15 is 0 Å². The SMILES string of the molecule is CNc1ccc2cc3sc4cc5ccccc5cc4c3cc2c1. The van der Waals surface area contributed by atoms with E-state index in [4.69, 9.17) is 0 Å². The smallest absolute Gasteiger partial charge is 0.0361 e. The lowest BCUT2D eigenvalue weighted by Gasteiger charge is -2.03. The minimum absolute atomic E-state index is 1.15. The Kier molecular flexibility index (Phi) is 2.64. The summed E-state index contributed by atoms with van der Waals surface area (Å²) in [5.41, 5.74) is 1.15. The van der Waals surface area contributed by atoms with Crippen molar-refractivity contribution >= 4 is 58.7 Å². The standard InChI is InChI=1S/C21H15NS/c1-22-17-7-6-15-12-21-19(10-16(15)8-17)18-9-13-4-2-3-5-14(13)11-20(18)23-21/h2-12,22H,1H3. The Morgan fingerprint density at radius 1 is 0.652 bits per heavy atom. The lowest BCUT2D eigenvalue weighted by Crippen LogP contribution is -1.86. The van der Waals surface area contributed by atoms with Gasteiger partial charge in [-0.2, -0.15) is 0 Å². The summed E-state index contributed by atoms with van der Waals surface area (Å²) in [6, 6.07) is 24.4. The second kappa shape index (κ2) is 4.71. The molecule has 0 saturated heterocycles. The van der Waals surface area contributed by atoms with Gasteiger partial charge in [0, 0.05) is 32.9 Å². The molecular formula is C21H15NS. The first kappa shape index (κ1) is 12.9. The fourth-order valence-corrected chi connectivity index (χ4v) is 4.53. The summed E-state index contributed by atoms with van der Waals surface area (Å²) >= 11 is 1.89. The van der Waals surface area contributed by atoms with Gasteiger partial charge < -0.3 is 5.32 Å². The van der Waals surface area contributed by atoms with Crippen molar-refractivity contribution in [3.05, 3.63) is 66.7 Å². The van der Waals surface area contributed by atoms with Crippen LogP contribution in [-0.4, -0.2) is 7.05 Å². The maximum Gasteiger partial charge on any atom is 0.0361 e. The molecule has 1 heterocycles. The maximum atomic E-state index is 3.22. The van der Waals surface area contributed by atoms with E-state index in [0.717, 1.165) is 5.69 Å². The van der Waals surface area contributed by atoms with E-state index in [-0.39, 0.29) is 0 Å². The lowest BCUT2D eigenvalue weighted by atomic mass is 10.0. The van der Waals surface area contributed by atoms with E-state index in [1.54, 1.807) is 0 Å². The third-order valence-corrected chi connectivity index (χ3v) is 5.70. The summed E-state index contributed by atoms with van der Waals surface area (Å²) in [6.45, 7) is 0. The molecule has 4 aromatic carbocycles. The quantitative estimate of drug-likeness (QED) is 0.377. The minimum Gasteiger partial charge on any atom is -0.388 e. The van der Waals surface area contributed by atoms with Crippen LogP contribution in [0.4, 0.5) is 5.69 Å². The topological polar surface area (TPSA) is 12.0 Å². The van der Waals surface area contributed by atoms with E-state index in [9.17, 15) is 0 Å². The molecule has 1 N–H and O–H groups in total. The molecule has 0 bridgehead atoms. The number of thiophene rings is 1. The second-order valence-corrected chi connectivity index (χ2v) is 7.04. The molecule has 5 rings (SSSR count). The zero-order valence-corrected chi connectivity index (χ0v) is 13.6. The van der Waals surface area contributed by atoms with Crippen molar-refractivity contribution in [3.63, 3.8) is 0 Å². The van der Waals surface area contributed by atoms with Crippen LogP contribution in [0.1, 0.15) is 0 Å². The highest BCUT2D eigenvalue weighted by Crippen LogP contribution is 2.38. The highest BCUT2D eigenvalue weighted by molar-refractivity contribution is 7.26. The number of hydrogen-bond acceptors (Lipinski definition) is 2. The molecule has 2 heteroatoms. The average Bonchev–Trinajstić information content (AvgIpc) is 2.93. The summed E-state index contributed by atoms with van der Waals surface area (Å²) in [4.78, 5) is 0. The predicted octanol–water partition coefficient (Wildman–Crippen LogP) is 6.40. The highest BCUT2D eigenvalue weighted by atomic mass is 32.1. The molecule has 110 valence electrons. The van der Waals surface area contributed by atoms with Gasteiger partial charge in [-0.3, -0.25) is 0 Å². The summed E-state index contributed by atoms with van der Waals surface area (Å²) in [7, 11) is 1.96. The molecule has 0 atom stereocenters. The van der Waals surface area contributed by atoms with Crippen molar-refractivity contribution in [2.45, 2.75) is 0 Å². The van der Waals surface area contributed by atoms with Crippen molar-refractivity contribution in [2.75, 3.05) is 12.4 Å². The Morgan fingerprint density at radius 2 is 1.26 bits per heavy atom. The molecule has 0 aliphatic rings. The summed E-state index contributed by atoms with van der Waals surface area (Å²) in [5.74, 6) is 0. The van der Waals surface area contributed by atoms with Gasteiger partial charge in [0.2, 0.25) is 0 Å². The van der Waals surface area contributed by atoms with Gasteiger partial charge in [0.25, 0.3) is 0 Å². The monoisotopic (exact) mass is 313 g/mol. The molecule has 0 radical (unpaired) electrons. The molecule has 0 unspecified atom stereocenters. The second-order valence-electron chi connectivity index (χ2n) is 5.96. The van der Waals surface area contributed by atoms with Gasteiger partial charge in [0.1, 0.15) is 0 Å². The van der Waals surface area contributed by atoms with E-state index in [0.29, 0.717) is 0 Å². The molecule has 0 spiro atoms. The molecule has 0 aliphatic heterocycles. The molecule has 0 amide bonds. The Balaban J connectivity index is 1.92. The molecule has 1 nitrogen and oxygen atoms in total. The van der Waals surface area contributed by atoms with Gasteiger partial charge in [0.05, 0.1) is 0 Å². The molecule has 0 aliphatic carbocycles. The number of anilines is 1. The van der Waals surface area contributed by atoms with E-state index in [2.05, 4.69) is 72.0 Å². The Bertz CT molecular complexity index is 1200. The van der Waals surface area contributed by atoms with Gasteiger partial charge in [0.15, 0.2) is 0 Å². The van der Waals surface area contributed by atoms with Crippen LogP contribution in [0, 0.1) is 0 Å². The lowest BCUT2D eigenvalue weighted by molar-refractivity contribution is 1.54. The first-order chi connectivity index (χ1) is 11.3. The Morgan fingerprint density at radius 3 is 1.96 bits per heavy atom. The molecule has 5 aromatic rings. The summed E-state index contributed by atoms with van der Waals surface area (Å²) in [5, 5.41) is 11.2. The maximum absolute atomic E-state index is 3.22. The molecule has 0 fully saturated rings. The van der Waals surface area contributed by atoms with Crippen molar-refractivity contribution in [3.8, 4) is 0 Å². The number of nitrogens with one attached hydrogen (secondary N) is 1. The van der Waals surface area contributed by atoms with Crippen LogP contribution in [0.3, 0.4) is 0 Å². The van der Waals surface area contributed by atoms with Crippen LogP contribution in [0.2, 0.25) is 0 Å². The number of rotatable bonds is 1. The Labute approximate surface area is 138 Å². The highest BCUT2D eigenvalue weighted by Gasteiger charge is 2.08. The third-order valence-electron chi connectivity index (χ3n) is 4.59. The minimum atomic E-state index is 1.15. The number of benzene rings is 4. The van der Waals surface area contributed by atoms with Crippen molar-refractivity contribution < 1.29 is 0 Å². The number of fused-ring (bicyclic) bond motifs is 5. The number of hydrogen-bond donors (Lipinski definition) is 1. The van der Waals surface area contributed by atoms with Crippen LogP contribution in [0.15, 0.2) is 66.7 Å². The van der Waals surface area contributed by atoms with E-state index in [1.165, 1.54) is 41.7 Å². The van der Waals surface area contributed by atoms with Gasteiger partial charge in [-0.15, -0.1) is 11.3 Å². The molecule has 1 aromatic heterocycles. The first-order valence-electron chi connectivity index (χ1n) is 7.78. The predicted molar refractivity (Wildman–Crippen MR) is 104 cm³/mol. The fraction of sp³-hybridized carbons (Fsp3) is 0.0476. The van der Waals surface area contributed by atoms with Crippen LogP contribution < -0.4 is 5.32 Å². The van der Waals surface area contributed by atoms with Crippen LogP contribution in [0.5, 0.6) is 0 Å². The zero-order valence-electron chi connectivity index (χ0n) is 12.8.